The highest BCUT2D eigenvalue weighted by Gasteiger charge is 2.19. The van der Waals surface area contributed by atoms with Crippen molar-refractivity contribution in [1.29, 1.82) is 0 Å². The normalized spacial score (nSPS) is 17.6. The molecule has 0 spiro atoms. The van der Waals surface area contributed by atoms with Crippen LogP contribution in [0.4, 0.5) is 4.79 Å². The van der Waals surface area contributed by atoms with Gasteiger partial charge in [0.2, 0.25) is 0 Å². The molecule has 1 aliphatic rings. The van der Waals surface area contributed by atoms with Crippen LogP contribution in [-0.2, 0) is 0 Å². The second-order valence-corrected chi connectivity index (χ2v) is 4.71. The quantitative estimate of drug-likeness (QED) is 0.618. The first-order chi connectivity index (χ1) is 7.76. The van der Waals surface area contributed by atoms with Gasteiger partial charge in [-0.2, -0.15) is 0 Å². The molecular formula is C12H25N3O. The maximum atomic E-state index is 11.5. The monoisotopic (exact) mass is 227 g/mol. The van der Waals surface area contributed by atoms with E-state index in [1.54, 1.807) is 0 Å². The van der Waals surface area contributed by atoms with Gasteiger partial charge in [-0.15, -0.1) is 0 Å². The number of carbonyl (C=O) groups excluding carboxylic acids is 1. The Bertz CT molecular complexity index is 198. The fourth-order valence-electron chi connectivity index (χ4n) is 2.02. The number of carbonyl (C=O) groups is 1. The smallest absolute Gasteiger partial charge is 0.315 e. The molecule has 94 valence electrons. The zero-order chi connectivity index (χ0) is 11.8. The summed E-state index contributed by atoms with van der Waals surface area (Å²) in [5.74, 6) is 0.530. The zero-order valence-corrected chi connectivity index (χ0v) is 10.3. The van der Waals surface area contributed by atoms with Crippen molar-refractivity contribution in [1.82, 2.24) is 10.6 Å². The van der Waals surface area contributed by atoms with Crippen molar-refractivity contribution in [2.45, 2.75) is 51.5 Å². The van der Waals surface area contributed by atoms with Crippen LogP contribution in [-0.4, -0.2) is 25.2 Å². The van der Waals surface area contributed by atoms with Crippen LogP contribution < -0.4 is 16.4 Å². The molecule has 0 saturated heterocycles. The second-order valence-electron chi connectivity index (χ2n) is 4.71. The fraction of sp³-hybridized carbons (Fsp3) is 0.917. The topological polar surface area (TPSA) is 67.1 Å². The predicted octanol–water partition coefficient (Wildman–Crippen LogP) is 1.60. The first-order valence-electron chi connectivity index (χ1n) is 6.50. The van der Waals surface area contributed by atoms with Crippen molar-refractivity contribution >= 4 is 6.03 Å². The third kappa shape index (κ3) is 4.84. The van der Waals surface area contributed by atoms with Crippen LogP contribution in [0.25, 0.3) is 0 Å². The largest absolute Gasteiger partial charge is 0.338 e. The number of nitrogens with two attached hydrogens (primary N) is 1. The molecule has 1 fully saturated rings. The van der Waals surface area contributed by atoms with E-state index < -0.39 is 0 Å². The Hall–Kier alpha value is -0.770. The summed E-state index contributed by atoms with van der Waals surface area (Å²) < 4.78 is 0. The van der Waals surface area contributed by atoms with E-state index in [0.717, 1.165) is 38.6 Å². The molecule has 4 N–H and O–H groups in total. The van der Waals surface area contributed by atoms with E-state index in [1.807, 2.05) is 0 Å². The minimum absolute atomic E-state index is 0.0113. The molecule has 1 atom stereocenters. The molecule has 4 nitrogen and oxygen atoms in total. The Morgan fingerprint density at radius 3 is 2.69 bits per heavy atom. The third-order valence-corrected chi connectivity index (χ3v) is 3.26. The van der Waals surface area contributed by atoms with E-state index in [0.29, 0.717) is 18.5 Å². The first kappa shape index (κ1) is 13.3. The average Bonchev–Trinajstić information content (AvgIpc) is 2.21. The molecule has 4 heteroatoms. The van der Waals surface area contributed by atoms with Crippen molar-refractivity contribution in [2.24, 2.45) is 11.7 Å². The lowest BCUT2D eigenvalue weighted by Gasteiger charge is -2.27. The van der Waals surface area contributed by atoms with Crippen LogP contribution in [0.1, 0.15) is 45.4 Å². The number of urea groups is 1. The van der Waals surface area contributed by atoms with Crippen LogP contribution in [0.2, 0.25) is 0 Å². The Morgan fingerprint density at radius 2 is 2.19 bits per heavy atom. The van der Waals surface area contributed by atoms with E-state index in [2.05, 4.69) is 17.6 Å². The van der Waals surface area contributed by atoms with Crippen LogP contribution in [0.15, 0.2) is 0 Å². The molecule has 1 unspecified atom stereocenters. The van der Waals surface area contributed by atoms with Crippen LogP contribution in [0.5, 0.6) is 0 Å². The molecule has 0 radical (unpaired) electrons. The molecular weight excluding hydrogens is 202 g/mol. The van der Waals surface area contributed by atoms with E-state index in [9.17, 15) is 4.79 Å². The standard InChI is InChI=1S/C12H25N3O/c1-2-4-10(7-8-13)9-14-12(16)15-11-5-3-6-11/h10-11H,2-9,13H2,1H3,(H2,14,15,16). The van der Waals surface area contributed by atoms with Gasteiger partial charge in [-0.25, -0.2) is 4.79 Å². The maximum Gasteiger partial charge on any atom is 0.315 e. The van der Waals surface area contributed by atoms with E-state index in [-0.39, 0.29) is 6.03 Å². The number of rotatable bonds is 7. The van der Waals surface area contributed by atoms with Crippen LogP contribution in [0, 0.1) is 5.92 Å². The summed E-state index contributed by atoms with van der Waals surface area (Å²) >= 11 is 0. The fourth-order valence-corrected chi connectivity index (χ4v) is 2.02. The van der Waals surface area contributed by atoms with Crippen LogP contribution >= 0.6 is 0 Å². The van der Waals surface area contributed by atoms with Gasteiger partial charge in [0.05, 0.1) is 0 Å². The van der Waals surface area contributed by atoms with Crippen molar-refractivity contribution in [3.63, 3.8) is 0 Å². The Labute approximate surface area is 98.3 Å². The van der Waals surface area contributed by atoms with E-state index >= 15 is 0 Å². The summed E-state index contributed by atoms with van der Waals surface area (Å²) in [5, 5.41) is 5.92. The van der Waals surface area contributed by atoms with Crippen molar-refractivity contribution in [2.75, 3.05) is 13.1 Å². The molecule has 0 aromatic heterocycles. The minimum Gasteiger partial charge on any atom is -0.338 e. The average molecular weight is 227 g/mol. The van der Waals surface area contributed by atoms with E-state index in [1.165, 1.54) is 6.42 Å². The second kappa shape index (κ2) is 7.49. The summed E-state index contributed by atoms with van der Waals surface area (Å²) in [6, 6.07) is 0.405. The van der Waals surface area contributed by atoms with Gasteiger partial charge >= 0.3 is 6.03 Å². The molecule has 0 bridgehead atoms. The SMILES string of the molecule is CCCC(CCN)CNC(=O)NC1CCC1. The molecule has 1 aliphatic carbocycles. The minimum atomic E-state index is -0.0113. The van der Waals surface area contributed by atoms with Gasteiger partial charge < -0.3 is 16.4 Å². The third-order valence-electron chi connectivity index (χ3n) is 3.26. The molecule has 1 saturated carbocycles. The van der Waals surface area contributed by atoms with Gasteiger partial charge in [-0.1, -0.05) is 13.3 Å². The maximum absolute atomic E-state index is 11.5. The highest BCUT2D eigenvalue weighted by Crippen LogP contribution is 2.17. The molecule has 0 aromatic carbocycles. The Kier molecular flexibility index (Phi) is 6.23. The van der Waals surface area contributed by atoms with Gasteiger partial charge in [0, 0.05) is 12.6 Å². The molecule has 0 aromatic rings. The summed E-state index contributed by atoms with van der Waals surface area (Å²) in [7, 11) is 0. The number of nitrogens with one attached hydrogen (secondary N) is 2. The molecule has 0 heterocycles. The summed E-state index contributed by atoms with van der Waals surface area (Å²) in [6.07, 6.45) is 6.80. The van der Waals surface area contributed by atoms with Gasteiger partial charge in [0.15, 0.2) is 0 Å². The molecule has 16 heavy (non-hydrogen) atoms. The summed E-state index contributed by atoms with van der Waals surface area (Å²) in [6.45, 7) is 3.62. The van der Waals surface area contributed by atoms with E-state index in [4.69, 9.17) is 5.73 Å². The number of amides is 2. The highest BCUT2D eigenvalue weighted by molar-refractivity contribution is 5.74. The molecule has 2 amide bonds. The summed E-state index contributed by atoms with van der Waals surface area (Å²) in [5.41, 5.74) is 5.55. The summed E-state index contributed by atoms with van der Waals surface area (Å²) in [4.78, 5) is 11.5. The van der Waals surface area contributed by atoms with Crippen molar-refractivity contribution in [3.05, 3.63) is 0 Å². The van der Waals surface area contributed by atoms with Crippen molar-refractivity contribution in [3.8, 4) is 0 Å². The lowest BCUT2D eigenvalue weighted by atomic mass is 9.93. The Morgan fingerprint density at radius 1 is 1.44 bits per heavy atom. The zero-order valence-electron chi connectivity index (χ0n) is 10.3. The molecule has 1 rings (SSSR count). The van der Waals surface area contributed by atoms with Gasteiger partial charge in [-0.3, -0.25) is 0 Å². The van der Waals surface area contributed by atoms with Crippen LogP contribution in [0.3, 0.4) is 0 Å². The first-order valence-corrected chi connectivity index (χ1v) is 6.50. The lowest BCUT2D eigenvalue weighted by Crippen LogP contribution is -2.46. The van der Waals surface area contributed by atoms with Crippen molar-refractivity contribution < 1.29 is 4.79 Å². The lowest BCUT2D eigenvalue weighted by molar-refractivity contribution is 0.225. The Balaban J connectivity index is 2.11. The van der Waals surface area contributed by atoms with Gasteiger partial charge in [0.25, 0.3) is 0 Å². The number of hydrogen-bond acceptors (Lipinski definition) is 2. The predicted molar refractivity (Wildman–Crippen MR) is 66.2 cm³/mol. The van der Waals surface area contributed by atoms with Gasteiger partial charge in [0.1, 0.15) is 0 Å². The van der Waals surface area contributed by atoms with Gasteiger partial charge in [-0.05, 0) is 44.6 Å². The number of hydrogen-bond donors (Lipinski definition) is 3. The molecule has 0 aliphatic heterocycles. The highest BCUT2D eigenvalue weighted by atomic mass is 16.2.